The van der Waals surface area contributed by atoms with Crippen LogP contribution in [0.4, 0.5) is 8.78 Å². The van der Waals surface area contributed by atoms with E-state index in [1.54, 1.807) is 16.3 Å². The first kappa shape index (κ1) is 18.4. The summed E-state index contributed by atoms with van der Waals surface area (Å²) >= 11 is 7.24. The third-order valence-corrected chi connectivity index (χ3v) is 4.13. The summed E-state index contributed by atoms with van der Waals surface area (Å²) in [6.45, 7) is 2.80. The van der Waals surface area contributed by atoms with Crippen molar-refractivity contribution in [3.8, 4) is 0 Å². The van der Waals surface area contributed by atoms with E-state index in [0.29, 0.717) is 23.0 Å². The molecule has 106 valence electrons. The molecule has 8 heteroatoms. The molecule has 1 aromatic heterocycles. The molecule has 1 saturated heterocycles. The van der Waals surface area contributed by atoms with Crippen LogP contribution < -0.4 is 5.32 Å². The van der Waals surface area contributed by atoms with Gasteiger partial charge < -0.3 is 5.32 Å². The fraction of sp³-hybridized carbons (Fsp3) is 0.600. The minimum atomic E-state index is -2.39. The van der Waals surface area contributed by atoms with Gasteiger partial charge in [0.25, 0.3) is 6.43 Å². The van der Waals surface area contributed by atoms with Crippen LogP contribution in [-0.2, 0) is 0 Å². The summed E-state index contributed by atoms with van der Waals surface area (Å²) in [5.41, 5.74) is 0. The minimum absolute atomic E-state index is 0. The average Bonchev–Trinajstić information content (AvgIpc) is 2.66. The van der Waals surface area contributed by atoms with Gasteiger partial charge in [-0.25, -0.2) is 8.78 Å². The van der Waals surface area contributed by atoms with Crippen LogP contribution in [0.3, 0.4) is 0 Å². The molecular formula is C10H15Cl3F2N2S. The highest BCUT2D eigenvalue weighted by atomic mass is 35.5. The van der Waals surface area contributed by atoms with Crippen molar-refractivity contribution in [1.82, 2.24) is 10.2 Å². The van der Waals surface area contributed by atoms with E-state index in [0.717, 1.165) is 13.1 Å². The normalized spacial score (nSPS) is 18.0. The van der Waals surface area contributed by atoms with Crippen LogP contribution in [0.2, 0.25) is 5.02 Å². The number of nitrogens with one attached hydrogen (secondary N) is 1. The lowest BCUT2D eigenvalue weighted by Crippen LogP contribution is -2.46. The maximum atomic E-state index is 13.1. The van der Waals surface area contributed by atoms with Crippen molar-refractivity contribution in [1.29, 1.82) is 0 Å². The summed E-state index contributed by atoms with van der Waals surface area (Å²) in [5, 5.41) is 5.36. The molecule has 1 aromatic rings. The van der Waals surface area contributed by atoms with Crippen molar-refractivity contribution < 1.29 is 8.78 Å². The van der Waals surface area contributed by atoms with E-state index in [1.165, 1.54) is 11.3 Å². The quantitative estimate of drug-likeness (QED) is 0.907. The summed E-state index contributed by atoms with van der Waals surface area (Å²) in [4.78, 5) is 2.39. The maximum Gasteiger partial charge on any atom is 0.258 e. The number of alkyl halides is 2. The lowest BCUT2D eigenvalue weighted by Gasteiger charge is -2.34. The fourth-order valence-corrected chi connectivity index (χ4v) is 3.22. The third kappa shape index (κ3) is 4.18. The van der Waals surface area contributed by atoms with Crippen LogP contribution in [0.5, 0.6) is 0 Å². The first-order chi connectivity index (χ1) is 7.70. The van der Waals surface area contributed by atoms with Gasteiger partial charge in [0.2, 0.25) is 0 Å². The third-order valence-electron chi connectivity index (χ3n) is 2.70. The number of rotatable bonds is 3. The molecule has 1 N–H and O–H groups in total. The predicted molar refractivity (Wildman–Crippen MR) is 77.0 cm³/mol. The van der Waals surface area contributed by atoms with E-state index in [1.807, 2.05) is 0 Å². The molecule has 2 heterocycles. The van der Waals surface area contributed by atoms with E-state index in [2.05, 4.69) is 5.32 Å². The van der Waals surface area contributed by atoms with Crippen LogP contribution in [0.1, 0.15) is 10.9 Å². The van der Waals surface area contributed by atoms with Gasteiger partial charge in [-0.3, -0.25) is 4.90 Å². The Labute approximate surface area is 127 Å². The Balaban J connectivity index is 0.00000144. The van der Waals surface area contributed by atoms with E-state index in [-0.39, 0.29) is 24.8 Å². The Morgan fingerprint density at radius 2 is 1.89 bits per heavy atom. The van der Waals surface area contributed by atoms with E-state index in [9.17, 15) is 8.78 Å². The van der Waals surface area contributed by atoms with E-state index >= 15 is 0 Å². The molecule has 1 atom stereocenters. The molecule has 0 aliphatic carbocycles. The summed E-state index contributed by atoms with van der Waals surface area (Å²) < 4.78 is 26.2. The molecule has 0 amide bonds. The van der Waals surface area contributed by atoms with Gasteiger partial charge in [0.05, 0.1) is 5.02 Å². The smallest absolute Gasteiger partial charge is 0.258 e. The number of piperazine rings is 1. The van der Waals surface area contributed by atoms with Crippen molar-refractivity contribution >= 4 is 47.8 Å². The topological polar surface area (TPSA) is 15.3 Å². The first-order valence-electron chi connectivity index (χ1n) is 5.16. The van der Waals surface area contributed by atoms with Gasteiger partial charge in [-0.1, -0.05) is 11.6 Å². The molecule has 18 heavy (non-hydrogen) atoms. The number of halogens is 5. The minimum Gasteiger partial charge on any atom is -0.314 e. The molecule has 0 unspecified atom stereocenters. The lowest BCUT2D eigenvalue weighted by molar-refractivity contribution is 0.0200. The molecule has 1 aliphatic heterocycles. The summed E-state index contributed by atoms with van der Waals surface area (Å²) in [5.74, 6) is 0. The largest absolute Gasteiger partial charge is 0.314 e. The van der Waals surface area contributed by atoms with Crippen LogP contribution in [0, 0.1) is 0 Å². The molecule has 0 aromatic carbocycles. The molecule has 0 saturated carbocycles. The SMILES string of the molecule is Cl.Cl.FC(F)[C@H](c1sccc1Cl)N1CCNCC1. The summed E-state index contributed by atoms with van der Waals surface area (Å²) in [6.07, 6.45) is -2.39. The number of hydrogen-bond acceptors (Lipinski definition) is 3. The van der Waals surface area contributed by atoms with Gasteiger partial charge in [-0.15, -0.1) is 36.2 Å². The number of hydrogen-bond donors (Lipinski definition) is 1. The average molecular weight is 340 g/mol. The van der Waals surface area contributed by atoms with E-state index in [4.69, 9.17) is 11.6 Å². The highest BCUT2D eigenvalue weighted by Crippen LogP contribution is 2.36. The van der Waals surface area contributed by atoms with Gasteiger partial charge in [0, 0.05) is 31.1 Å². The van der Waals surface area contributed by atoms with E-state index < -0.39 is 12.5 Å². The molecular weight excluding hydrogens is 325 g/mol. The van der Waals surface area contributed by atoms with Crippen molar-refractivity contribution in [2.24, 2.45) is 0 Å². The Kier molecular flexibility index (Phi) is 8.67. The molecule has 0 spiro atoms. The Hall–Kier alpha value is 0.350. The number of thiophene rings is 1. The summed E-state index contributed by atoms with van der Waals surface area (Å²) in [6, 6.07) is 0.827. The number of nitrogens with zero attached hydrogens (tertiary/aromatic N) is 1. The second-order valence-electron chi connectivity index (χ2n) is 3.70. The van der Waals surface area contributed by atoms with Crippen molar-refractivity contribution in [2.75, 3.05) is 26.2 Å². The van der Waals surface area contributed by atoms with Crippen molar-refractivity contribution in [3.05, 3.63) is 21.3 Å². The van der Waals surface area contributed by atoms with Gasteiger partial charge >= 0.3 is 0 Å². The molecule has 1 aliphatic rings. The van der Waals surface area contributed by atoms with Gasteiger partial charge in [-0.2, -0.15) is 0 Å². The zero-order valence-corrected chi connectivity index (χ0v) is 12.6. The molecule has 2 nitrogen and oxygen atoms in total. The predicted octanol–water partition coefficient (Wildman–Crippen LogP) is 3.46. The summed E-state index contributed by atoms with van der Waals surface area (Å²) in [7, 11) is 0. The maximum absolute atomic E-state index is 13.1. The van der Waals surface area contributed by atoms with Crippen LogP contribution >= 0.6 is 47.8 Å². The second kappa shape index (κ2) is 8.51. The lowest BCUT2D eigenvalue weighted by atomic mass is 10.2. The van der Waals surface area contributed by atoms with Crippen LogP contribution in [0.15, 0.2) is 11.4 Å². The highest BCUT2D eigenvalue weighted by Gasteiger charge is 2.32. The Morgan fingerprint density at radius 1 is 1.28 bits per heavy atom. The second-order valence-corrected chi connectivity index (χ2v) is 5.05. The van der Waals surface area contributed by atoms with Gasteiger partial charge in [0.15, 0.2) is 0 Å². The molecule has 1 fully saturated rings. The van der Waals surface area contributed by atoms with Crippen LogP contribution in [-0.4, -0.2) is 37.5 Å². The zero-order valence-electron chi connectivity index (χ0n) is 9.44. The fourth-order valence-electron chi connectivity index (χ4n) is 1.92. The van der Waals surface area contributed by atoms with Crippen molar-refractivity contribution in [3.63, 3.8) is 0 Å². The molecule has 2 rings (SSSR count). The van der Waals surface area contributed by atoms with Gasteiger partial charge in [0.1, 0.15) is 6.04 Å². The van der Waals surface area contributed by atoms with Crippen molar-refractivity contribution in [2.45, 2.75) is 12.5 Å². The van der Waals surface area contributed by atoms with Gasteiger partial charge in [-0.05, 0) is 11.4 Å². The monoisotopic (exact) mass is 338 g/mol. The van der Waals surface area contributed by atoms with Crippen LogP contribution in [0.25, 0.3) is 0 Å². The zero-order chi connectivity index (χ0) is 11.5. The first-order valence-corrected chi connectivity index (χ1v) is 6.41. The molecule has 0 bridgehead atoms. The Bertz CT molecular complexity index is 346. The highest BCUT2D eigenvalue weighted by molar-refractivity contribution is 7.10. The molecule has 0 radical (unpaired) electrons. The Morgan fingerprint density at radius 3 is 2.33 bits per heavy atom. The standard InChI is InChI=1S/C10H13ClF2N2S.2ClH/c11-7-1-6-16-9(7)8(10(12)13)15-4-2-14-3-5-15;;/h1,6,8,10,14H,2-5H2;2*1H/t8-;;/m0../s1.